The summed E-state index contributed by atoms with van der Waals surface area (Å²) in [5.41, 5.74) is 0. The van der Waals surface area contributed by atoms with Crippen LogP contribution in [0.25, 0.3) is 0 Å². The summed E-state index contributed by atoms with van der Waals surface area (Å²) in [4.78, 5) is 25.3. The highest BCUT2D eigenvalue weighted by Crippen LogP contribution is 2.28. The largest absolute Gasteiger partial charge is 0.481 e. The van der Waals surface area contributed by atoms with E-state index in [9.17, 15) is 9.59 Å². The fourth-order valence-electron chi connectivity index (χ4n) is 3.60. The summed E-state index contributed by atoms with van der Waals surface area (Å²) in [7, 11) is 0. The molecule has 2 atom stereocenters. The molecule has 0 radical (unpaired) electrons. The molecule has 114 valence electrons. The number of likely N-dealkylation sites (tertiary alicyclic amines) is 1. The first-order chi connectivity index (χ1) is 9.58. The van der Waals surface area contributed by atoms with Crippen LogP contribution in [0.5, 0.6) is 0 Å². The van der Waals surface area contributed by atoms with Gasteiger partial charge in [-0.3, -0.25) is 9.59 Å². The standard InChI is InChI=1S/C16H27NO3/c1-12-7-9-14(16(19)20)11-17(12)15(18)10-8-13-5-3-2-4-6-13/h12-14H,2-11H2,1H3,(H,19,20). The van der Waals surface area contributed by atoms with Gasteiger partial charge in [0, 0.05) is 19.0 Å². The van der Waals surface area contributed by atoms with Crippen LogP contribution in [-0.4, -0.2) is 34.5 Å². The number of carbonyl (C=O) groups excluding carboxylic acids is 1. The second-order valence-corrected chi connectivity index (χ2v) is 6.55. The van der Waals surface area contributed by atoms with Crippen LogP contribution in [-0.2, 0) is 9.59 Å². The summed E-state index contributed by atoms with van der Waals surface area (Å²) >= 11 is 0. The third-order valence-electron chi connectivity index (χ3n) is 5.04. The lowest BCUT2D eigenvalue weighted by Gasteiger charge is -2.37. The minimum absolute atomic E-state index is 0.161. The first kappa shape index (κ1) is 15.3. The number of carbonyl (C=O) groups is 2. The zero-order valence-electron chi connectivity index (χ0n) is 12.5. The van der Waals surface area contributed by atoms with E-state index in [0.717, 1.165) is 12.8 Å². The molecule has 0 spiro atoms. The number of nitrogens with zero attached hydrogens (tertiary/aromatic N) is 1. The molecule has 1 heterocycles. The summed E-state index contributed by atoms with van der Waals surface area (Å²) in [5, 5.41) is 9.12. The maximum atomic E-state index is 12.4. The number of hydrogen-bond acceptors (Lipinski definition) is 2. The smallest absolute Gasteiger partial charge is 0.308 e. The second-order valence-electron chi connectivity index (χ2n) is 6.55. The highest BCUT2D eigenvalue weighted by atomic mass is 16.4. The number of piperidine rings is 1. The van der Waals surface area contributed by atoms with Crippen molar-refractivity contribution in [1.29, 1.82) is 0 Å². The van der Waals surface area contributed by atoms with Crippen LogP contribution in [0.2, 0.25) is 0 Å². The fraction of sp³-hybridized carbons (Fsp3) is 0.875. The van der Waals surface area contributed by atoms with Crippen molar-refractivity contribution in [1.82, 2.24) is 4.90 Å². The topological polar surface area (TPSA) is 57.6 Å². The Balaban J connectivity index is 1.81. The average molecular weight is 281 g/mol. The Morgan fingerprint density at radius 3 is 2.45 bits per heavy atom. The van der Waals surface area contributed by atoms with Crippen molar-refractivity contribution in [3.8, 4) is 0 Å². The maximum absolute atomic E-state index is 12.4. The first-order valence-corrected chi connectivity index (χ1v) is 8.10. The van der Waals surface area contributed by atoms with E-state index in [0.29, 0.717) is 25.3 Å². The highest BCUT2D eigenvalue weighted by molar-refractivity contribution is 5.78. The molecule has 1 N–H and O–H groups in total. The third-order valence-corrected chi connectivity index (χ3v) is 5.04. The first-order valence-electron chi connectivity index (χ1n) is 8.10. The molecule has 1 aliphatic carbocycles. The van der Waals surface area contributed by atoms with E-state index in [1.165, 1.54) is 32.1 Å². The molecule has 0 aromatic rings. The van der Waals surface area contributed by atoms with Crippen LogP contribution in [0.1, 0.15) is 64.7 Å². The lowest BCUT2D eigenvalue weighted by atomic mass is 9.85. The normalized spacial score (nSPS) is 28.4. The number of carboxylic acid groups (broad SMARTS) is 1. The van der Waals surface area contributed by atoms with Crippen LogP contribution < -0.4 is 0 Å². The zero-order valence-corrected chi connectivity index (χ0v) is 12.5. The Labute approximate surface area is 121 Å². The summed E-state index contributed by atoms with van der Waals surface area (Å²) in [6.07, 6.45) is 9.57. The van der Waals surface area contributed by atoms with Gasteiger partial charge in [-0.2, -0.15) is 0 Å². The Morgan fingerprint density at radius 2 is 1.80 bits per heavy atom. The van der Waals surface area contributed by atoms with Gasteiger partial charge in [-0.25, -0.2) is 0 Å². The molecule has 2 unspecified atom stereocenters. The number of aliphatic carboxylic acids is 1. The summed E-state index contributed by atoms with van der Waals surface area (Å²) in [6.45, 7) is 2.44. The molecule has 20 heavy (non-hydrogen) atoms. The van der Waals surface area contributed by atoms with Crippen LogP contribution >= 0.6 is 0 Å². The summed E-state index contributed by atoms with van der Waals surface area (Å²) in [6, 6.07) is 0.199. The summed E-state index contributed by atoms with van der Waals surface area (Å²) in [5.74, 6) is -0.260. The van der Waals surface area contributed by atoms with Crippen molar-refractivity contribution in [2.24, 2.45) is 11.8 Å². The minimum Gasteiger partial charge on any atom is -0.481 e. The lowest BCUT2D eigenvalue weighted by molar-refractivity contribution is -0.147. The van der Waals surface area contributed by atoms with E-state index < -0.39 is 5.97 Å². The van der Waals surface area contributed by atoms with Crippen molar-refractivity contribution in [2.45, 2.75) is 70.8 Å². The molecule has 4 heteroatoms. The Bertz CT molecular complexity index is 350. The molecule has 0 aromatic carbocycles. The minimum atomic E-state index is -0.762. The van der Waals surface area contributed by atoms with Crippen molar-refractivity contribution >= 4 is 11.9 Å². The molecule has 2 aliphatic rings. The van der Waals surface area contributed by atoms with Gasteiger partial charge in [0.05, 0.1) is 5.92 Å². The molecule has 1 saturated carbocycles. The molecule has 2 fully saturated rings. The van der Waals surface area contributed by atoms with Crippen molar-refractivity contribution < 1.29 is 14.7 Å². The quantitative estimate of drug-likeness (QED) is 0.861. The Morgan fingerprint density at radius 1 is 1.10 bits per heavy atom. The van der Waals surface area contributed by atoms with Crippen molar-refractivity contribution in [3.63, 3.8) is 0 Å². The van der Waals surface area contributed by atoms with Gasteiger partial charge in [0.2, 0.25) is 5.91 Å². The average Bonchev–Trinajstić information content (AvgIpc) is 2.46. The number of rotatable bonds is 4. The predicted octanol–water partition coefficient (Wildman–Crippen LogP) is 3.06. The molecule has 2 rings (SSSR count). The van der Waals surface area contributed by atoms with E-state index in [1.807, 2.05) is 11.8 Å². The maximum Gasteiger partial charge on any atom is 0.308 e. The number of hydrogen-bond donors (Lipinski definition) is 1. The van der Waals surface area contributed by atoms with E-state index in [-0.39, 0.29) is 17.9 Å². The highest BCUT2D eigenvalue weighted by Gasteiger charge is 2.32. The van der Waals surface area contributed by atoms with E-state index in [4.69, 9.17) is 5.11 Å². The van der Waals surface area contributed by atoms with Gasteiger partial charge in [0.25, 0.3) is 0 Å². The lowest BCUT2D eigenvalue weighted by Crippen LogP contribution is -2.47. The van der Waals surface area contributed by atoms with E-state index in [2.05, 4.69) is 0 Å². The molecule has 1 aliphatic heterocycles. The van der Waals surface area contributed by atoms with Crippen LogP contribution in [0.15, 0.2) is 0 Å². The molecule has 0 aromatic heterocycles. The molecular formula is C16H27NO3. The van der Waals surface area contributed by atoms with Crippen LogP contribution in [0.3, 0.4) is 0 Å². The van der Waals surface area contributed by atoms with Crippen molar-refractivity contribution in [2.75, 3.05) is 6.54 Å². The second kappa shape index (κ2) is 7.09. The molecule has 0 bridgehead atoms. The molecule has 1 saturated heterocycles. The van der Waals surface area contributed by atoms with Gasteiger partial charge < -0.3 is 10.0 Å². The van der Waals surface area contributed by atoms with Crippen molar-refractivity contribution in [3.05, 3.63) is 0 Å². The molecular weight excluding hydrogens is 254 g/mol. The fourth-order valence-corrected chi connectivity index (χ4v) is 3.60. The van der Waals surface area contributed by atoms with Gasteiger partial charge in [-0.1, -0.05) is 32.1 Å². The molecule has 1 amide bonds. The molecule has 4 nitrogen and oxygen atoms in total. The number of amides is 1. The summed E-state index contributed by atoms with van der Waals surface area (Å²) < 4.78 is 0. The van der Waals surface area contributed by atoms with Gasteiger partial charge in [-0.05, 0) is 32.1 Å². The Hall–Kier alpha value is -1.06. The van der Waals surface area contributed by atoms with Gasteiger partial charge in [-0.15, -0.1) is 0 Å². The number of carboxylic acids is 1. The van der Waals surface area contributed by atoms with Gasteiger partial charge in [0.1, 0.15) is 0 Å². The third kappa shape index (κ3) is 3.97. The predicted molar refractivity (Wildman–Crippen MR) is 77.3 cm³/mol. The zero-order chi connectivity index (χ0) is 14.5. The monoisotopic (exact) mass is 281 g/mol. The van der Waals surface area contributed by atoms with E-state index in [1.54, 1.807) is 0 Å². The van der Waals surface area contributed by atoms with Crippen LogP contribution in [0.4, 0.5) is 0 Å². The Kier molecular flexibility index (Phi) is 5.44. The van der Waals surface area contributed by atoms with Gasteiger partial charge >= 0.3 is 5.97 Å². The van der Waals surface area contributed by atoms with Crippen LogP contribution in [0, 0.1) is 11.8 Å². The van der Waals surface area contributed by atoms with E-state index >= 15 is 0 Å². The van der Waals surface area contributed by atoms with Gasteiger partial charge in [0.15, 0.2) is 0 Å². The SMILES string of the molecule is CC1CCC(C(=O)O)CN1C(=O)CCC1CCCCC1.